The number of halogens is 1. The third-order valence-corrected chi connectivity index (χ3v) is 3.23. The van der Waals surface area contributed by atoms with E-state index in [-0.39, 0.29) is 5.56 Å². The van der Waals surface area contributed by atoms with E-state index in [4.69, 9.17) is 5.73 Å². The van der Waals surface area contributed by atoms with Gasteiger partial charge < -0.3 is 11.1 Å². The van der Waals surface area contributed by atoms with Crippen molar-refractivity contribution >= 4 is 17.3 Å². The Morgan fingerprint density at radius 1 is 1.10 bits per heavy atom. The van der Waals surface area contributed by atoms with Crippen molar-refractivity contribution in [1.29, 1.82) is 0 Å². The van der Waals surface area contributed by atoms with Crippen molar-refractivity contribution in [2.45, 2.75) is 20.8 Å². The van der Waals surface area contributed by atoms with Crippen LogP contribution in [0.1, 0.15) is 27.0 Å². The number of hydrogen-bond acceptors (Lipinski definition) is 2. The largest absolute Gasteiger partial charge is 0.398 e. The van der Waals surface area contributed by atoms with Gasteiger partial charge in [0.25, 0.3) is 5.91 Å². The molecule has 0 saturated heterocycles. The summed E-state index contributed by atoms with van der Waals surface area (Å²) in [4.78, 5) is 12.1. The number of hydrogen-bond donors (Lipinski definition) is 2. The molecule has 2 aromatic rings. The first-order valence-electron chi connectivity index (χ1n) is 6.32. The van der Waals surface area contributed by atoms with Gasteiger partial charge in [0.05, 0.1) is 5.56 Å². The standard InChI is InChI=1S/C16H17FN2O/c1-9-4-5-12(13(17)6-9)16(20)19-15-8-14(18)10(2)7-11(15)3/h4-8H,18H2,1-3H3,(H,19,20). The maximum Gasteiger partial charge on any atom is 0.258 e. The molecule has 0 aliphatic heterocycles. The number of nitrogens with two attached hydrogens (primary N) is 1. The van der Waals surface area contributed by atoms with Gasteiger partial charge in [-0.25, -0.2) is 4.39 Å². The van der Waals surface area contributed by atoms with Crippen LogP contribution in [0.3, 0.4) is 0 Å². The lowest BCUT2D eigenvalue weighted by atomic mass is 10.1. The van der Waals surface area contributed by atoms with Crippen LogP contribution in [0.15, 0.2) is 30.3 Å². The Labute approximate surface area is 117 Å². The summed E-state index contributed by atoms with van der Waals surface area (Å²) < 4.78 is 13.8. The number of carbonyl (C=O) groups excluding carboxylic acids is 1. The Hall–Kier alpha value is -2.36. The van der Waals surface area contributed by atoms with Gasteiger partial charge in [-0.2, -0.15) is 0 Å². The van der Waals surface area contributed by atoms with E-state index in [1.54, 1.807) is 19.1 Å². The summed E-state index contributed by atoms with van der Waals surface area (Å²) in [6.45, 7) is 5.54. The molecule has 3 nitrogen and oxygen atoms in total. The first kappa shape index (κ1) is 14.1. The van der Waals surface area contributed by atoms with Crippen molar-refractivity contribution in [2.75, 3.05) is 11.1 Å². The van der Waals surface area contributed by atoms with Gasteiger partial charge in [0.2, 0.25) is 0 Å². The molecule has 0 radical (unpaired) electrons. The Morgan fingerprint density at radius 2 is 1.80 bits per heavy atom. The van der Waals surface area contributed by atoms with E-state index < -0.39 is 11.7 Å². The summed E-state index contributed by atoms with van der Waals surface area (Å²) in [5.41, 5.74) is 9.64. The van der Waals surface area contributed by atoms with E-state index in [2.05, 4.69) is 5.32 Å². The van der Waals surface area contributed by atoms with Crippen molar-refractivity contribution < 1.29 is 9.18 Å². The Bertz CT molecular complexity index is 680. The average molecular weight is 272 g/mol. The van der Waals surface area contributed by atoms with Gasteiger partial charge >= 0.3 is 0 Å². The van der Waals surface area contributed by atoms with Crippen molar-refractivity contribution in [3.8, 4) is 0 Å². The van der Waals surface area contributed by atoms with Crippen molar-refractivity contribution in [2.24, 2.45) is 0 Å². The molecule has 0 aliphatic carbocycles. The number of nitrogens with one attached hydrogen (secondary N) is 1. The fraction of sp³-hybridized carbons (Fsp3) is 0.188. The number of amides is 1. The normalized spacial score (nSPS) is 10.4. The van der Waals surface area contributed by atoms with Crippen LogP contribution in [-0.4, -0.2) is 5.91 Å². The molecule has 0 spiro atoms. The molecule has 0 fully saturated rings. The second-order valence-electron chi connectivity index (χ2n) is 4.96. The van der Waals surface area contributed by atoms with Crippen molar-refractivity contribution in [3.05, 3.63) is 58.4 Å². The lowest BCUT2D eigenvalue weighted by molar-refractivity contribution is 0.102. The molecular formula is C16H17FN2O. The molecule has 4 heteroatoms. The molecule has 0 heterocycles. The van der Waals surface area contributed by atoms with Gasteiger partial charge in [-0.15, -0.1) is 0 Å². The minimum absolute atomic E-state index is 0.0224. The molecular weight excluding hydrogens is 255 g/mol. The minimum Gasteiger partial charge on any atom is -0.398 e. The number of aryl methyl sites for hydroxylation is 3. The zero-order valence-electron chi connectivity index (χ0n) is 11.8. The zero-order chi connectivity index (χ0) is 14.9. The van der Waals surface area contributed by atoms with Gasteiger partial charge in [-0.1, -0.05) is 12.1 Å². The van der Waals surface area contributed by atoms with Crippen LogP contribution in [0.25, 0.3) is 0 Å². The topological polar surface area (TPSA) is 55.1 Å². The fourth-order valence-corrected chi connectivity index (χ4v) is 2.00. The molecule has 0 aromatic heterocycles. The SMILES string of the molecule is Cc1ccc(C(=O)Nc2cc(N)c(C)cc2C)c(F)c1. The number of nitrogen functional groups attached to an aromatic ring is 1. The van der Waals surface area contributed by atoms with E-state index in [0.29, 0.717) is 11.4 Å². The molecule has 2 rings (SSSR count). The number of anilines is 2. The van der Waals surface area contributed by atoms with Gasteiger partial charge in [0, 0.05) is 11.4 Å². The second kappa shape index (κ2) is 5.33. The van der Waals surface area contributed by atoms with E-state index in [1.807, 2.05) is 19.9 Å². The van der Waals surface area contributed by atoms with Crippen LogP contribution in [-0.2, 0) is 0 Å². The maximum atomic E-state index is 13.8. The monoisotopic (exact) mass is 272 g/mol. The molecule has 1 amide bonds. The Balaban J connectivity index is 2.30. The number of rotatable bonds is 2. The molecule has 104 valence electrons. The summed E-state index contributed by atoms with van der Waals surface area (Å²) in [5.74, 6) is -1.01. The first-order chi connectivity index (χ1) is 9.38. The van der Waals surface area contributed by atoms with Crippen LogP contribution < -0.4 is 11.1 Å². The lowest BCUT2D eigenvalue weighted by Gasteiger charge is -2.11. The quantitative estimate of drug-likeness (QED) is 0.821. The average Bonchev–Trinajstić information content (AvgIpc) is 2.35. The highest BCUT2D eigenvalue weighted by Gasteiger charge is 2.13. The highest BCUT2D eigenvalue weighted by Crippen LogP contribution is 2.23. The smallest absolute Gasteiger partial charge is 0.258 e. The van der Waals surface area contributed by atoms with E-state index in [0.717, 1.165) is 16.7 Å². The van der Waals surface area contributed by atoms with Crippen LogP contribution in [0.2, 0.25) is 0 Å². The van der Waals surface area contributed by atoms with E-state index in [9.17, 15) is 9.18 Å². The highest BCUT2D eigenvalue weighted by atomic mass is 19.1. The maximum absolute atomic E-state index is 13.8. The Kier molecular flexibility index (Phi) is 3.74. The van der Waals surface area contributed by atoms with Crippen LogP contribution in [0.4, 0.5) is 15.8 Å². The predicted octanol–water partition coefficient (Wildman–Crippen LogP) is 3.59. The van der Waals surface area contributed by atoms with Gasteiger partial charge in [0.15, 0.2) is 0 Å². The molecule has 3 N–H and O–H groups in total. The van der Waals surface area contributed by atoms with Gasteiger partial charge in [-0.05, 0) is 55.7 Å². The van der Waals surface area contributed by atoms with Crippen LogP contribution in [0, 0.1) is 26.6 Å². The zero-order valence-corrected chi connectivity index (χ0v) is 11.8. The lowest BCUT2D eigenvalue weighted by Crippen LogP contribution is -2.15. The van der Waals surface area contributed by atoms with Crippen LogP contribution in [0.5, 0.6) is 0 Å². The molecule has 0 aliphatic rings. The first-order valence-corrected chi connectivity index (χ1v) is 6.32. The van der Waals surface area contributed by atoms with E-state index >= 15 is 0 Å². The molecule has 0 bridgehead atoms. The summed E-state index contributed by atoms with van der Waals surface area (Å²) in [7, 11) is 0. The minimum atomic E-state index is -0.528. The highest BCUT2D eigenvalue weighted by molar-refractivity contribution is 6.05. The van der Waals surface area contributed by atoms with Crippen molar-refractivity contribution in [1.82, 2.24) is 0 Å². The summed E-state index contributed by atoms with van der Waals surface area (Å²) in [6, 6.07) is 8.09. The molecule has 2 aromatic carbocycles. The number of benzene rings is 2. The van der Waals surface area contributed by atoms with Gasteiger partial charge in [-0.3, -0.25) is 4.79 Å². The third kappa shape index (κ3) is 2.79. The molecule has 0 atom stereocenters. The third-order valence-electron chi connectivity index (χ3n) is 3.23. The number of carbonyl (C=O) groups is 1. The van der Waals surface area contributed by atoms with E-state index in [1.165, 1.54) is 12.1 Å². The second-order valence-corrected chi connectivity index (χ2v) is 4.96. The summed E-state index contributed by atoms with van der Waals surface area (Å²) >= 11 is 0. The molecule has 0 saturated carbocycles. The predicted molar refractivity (Wildman–Crippen MR) is 79.4 cm³/mol. The van der Waals surface area contributed by atoms with Gasteiger partial charge in [0.1, 0.15) is 5.82 Å². The Morgan fingerprint density at radius 3 is 2.45 bits per heavy atom. The summed E-state index contributed by atoms with van der Waals surface area (Å²) in [5, 5.41) is 2.70. The van der Waals surface area contributed by atoms with Crippen molar-refractivity contribution in [3.63, 3.8) is 0 Å². The van der Waals surface area contributed by atoms with Crippen LogP contribution >= 0.6 is 0 Å². The molecule has 20 heavy (non-hydrogen) atoms. The molecule has 0 unspecified atom stereocenters. The fourth-order valence-electron chi connectivity index (χ4n) is 2.00. The summed E-state index contributed by atoms with van der Waals surface area (Å²) in [6.07, 6.45) is 0.